The summed E-state index contributed by atoms with van der Waals surface area (Å²) in [7, 11) is 0. The maximum absolute atomic E-state index is 10.8. The molecule has 2 aromatic rings. The molecule has 3 nitrogen and oxygen atoms in total. The Kier molecular flexibility index (Phi) is 5.45. The van der Waals surface area contributed by atoms with Crippen LogP contribution in [0, 0.1) is 0 Å². The van der Waals surface area contributed by atoms with E-state index in [0.717, 1.165) is 32.2 Å². The SMILES string of the molecule is CC(C)(C)c1cc(Sc2ccc(N)c(CN)c2)cc(C(C)(C)C)c1O. The predicted molar refractivity (Wildman–Crippen MR) is 108 cm³/mol. The topological polar surface area (TPSA) is 72.3 Å². The van der Waals surface area contributed by atoms with Crippen LogP contribution in [0.15, 0.2) is 40.1 Å². The highest BCUT2D eigenvalue weighted by Gasteiger charge is 2.26. The third kappa shape index (κ3) is 4.50. The Hall–Kier alpha value is -1.65. The van der Waals surface area contributed by atoms with Crippen molar-refractivity contribution in [3.8, 4) is 5.75 Å². The first kappa shape index (κ1) is 19.7. The van der Waals surface area contributed by atoms with Crippen LogP contribution in [-0.4, -0.2) is 5.11 Å². The second-order valence-corrected chi connectivity index (χ2v) is 9.68. The van der Waals surface area contributed by atoms with Crippen molar-refractivity contribution in [2.24, 2.45) is 5.73 Å². The van der Waals surface area contributed by atoms with E-state index in [1.165, 1.54) is 0 Å². The van der Waals surface area contributed by atoms with Gasteiger partial charge in [0.1, 0.15) is 5.75 Å². The molecule has 0 unspecified atom stereocenters. The van der Waals surface area contributed by atoms with Crippen molar-refractivity contribution in [1.82, 2.24) is 0 Å². The van der Waals surface area contributed by atoms with Crippen LogP contribution in [-0.2, 0) is 17.4 Å². The molecule has 0 aliphatic carbocycles. The number of phenolic OH excluding ortho intramolecular Hbond substituents is 1. The van der Waals surface area contributed by atoms with Gasteiger partial charge < -0.3 is 16.6 Å². The number of anilines is 1. The van der Waals surface area contributed by atoms with Crippen LogP contribution in [0.1, 0.15) is 58.2 Å². The van der Waals surface area contributed by atoms with Crippen molar-refractivity contribution >= 4 is 17.4 Å². The molecule has 0 spiro atoms. The van der Waals surface area contributed by atoms with Crippen LogP contribution in [0.25, 0.3) is 0 Å². The second-order valence-electron chi connectivity index (χ2n) is 8.53. The summed E-state index contributed by atoms with van der Waals surface area (Å²) in [4.78, 5) is 2.21. The maximum atomic E-state index is 10.8. The van der Waals surface area contributed by atoms with Crippen LogP contribution in [0.2, 0.25) is 0 Å². The van der Waals surface area contributed by atoms with Gasteiger partial charge in [0.25, 0.3) is 0 Å². The Labute approximate surface area is 155 Å². The summed E-state index contributed by atoms with van der Waals surface area (Å²) in [6.07, 6.45) is 0. The minimum atomic E-state index is -0.135. The van der Waals surface area contributed by atoms with Gasteiger partial charge in [0, 0.05) is 33.2 Å². The molecule has 0 saturated carbocycles. The van der Waals surface area contributed by atoms with Gasteiger partial charge in [-0.15, -0.1) is 0 Å². The van der Waals surface area contributed by atoms with Crippen LogP contribution < -0.4 is 11.5 Å². The third-order valence-electron chi connectivity index (χ3n) is 4.27. The van der Waals surface area contributed by atoms with E-state index in [2.05, 4.69) is 53.7 Å². The second kappa shape index (κ2) is 6.93. The smallest absolute Gasteiger partial charge is 0.123 e. The van der Waals surface area contributed by atoms with Crippen LogP contribution in [0.4, 0.5) is 5.69 Å². The first-order valence-electron chi connectivity index (χ1n) is 8.58. The molecule has 0 heterocycles. The highest BCUT2D eigenvalue weighted by atomic mass is 32.2. The summed E-state index contributed by atoms with van der Waals surface area (Å²) >= 11 is 1.67. The zero-order valence-corrected chi connectivity index (χ0v) is 16.9. The molecule has 25 heavy (non-hydrogen) atoms. The lowest BCUT2D eigenvalue weighted by molar-refractivity contribution is 0.422. The summed E-state index contributed by atoms with van der Waals surface area (Å²) in [5, 5.41) is 10.8. The van der Waals surface area contributed by atoms with Gasteiger partial charge >= 0.3 is 0 Å². The Balaban J connectivity index is 2.54. The van der Waals surface area contributed by atoms with E-state index in [0.29, 0.717) is 12.3 Å². The number of phenols is 1. The predicted octanol–water partition coefficient (Wildman–Crippen LogP) is 5.18. The Bertz CT molecular complexity index is 735. The third-order valence-corrected chi connectivity index (χ3v) is 5.23. The van der Waals surface area contributed by atoms with E-state index in [-0.39, 0.29) is 10.8 Å². The molecule has 136 valence electrons. The quantitative estimate of drug-likeness (QED) is 0.661. The molecule has 2 aromatic carbocycles. The number of nitrogens with two attached hydrogens (primary N) is 2. The Morgan fingerprint density at radius 1 is 0.880 bits per heavy atom. The molecule has 0 bridgehead atoms. The standard InChI is InChI=1S/C21H30N2OS/c1-20(2,3)16-10-15(11-17(19(16)24)21(4,5)6)25-14-7-8-18(23)13(9-14)12-22/h7-11,24H,12,22-23H2,1-6H3. The first-order chi connectivity index (χ1) is 11.4. The van der Waals surface area contributed by atoms with E-state index in [9.17, 15) is 5.11 Å². The average Bonchev–Trinajstić information content (AvgIpc) is 2.48. The van der Waals surface area contributed by atoms with Crippen LogP contribution in [0.5, 0.6) is 5.75 Å². The molecule has 0 amide bonds. The fourth-order valence-electron chi connectivity index (χ4n) is 2.77. The number of benzene rings is 2. The average molecular weight is 359 g/mol. The van der Waals surface area contributed by atoms with E-state index >= 15 is 0 Å². The molecule has 0 aliphatic heterocycles. The molecule has 0 saturated heterocycles. The van der Waals surface area contributed by atoms with E-state index < -0.39 is 0 Å². The number of hydrogen-bond donors (Lipinski definition) is 3. The zero-order chi connectivity index (χ0) is 19.0. The summed E-state index contributed by atoms with van der Waals surface area (Å²) in [6.45, 7) is 13.2. The van der Waals surface area contributed by atoms with E-state index in [1.54, 1.807) is 11.8 Å². The number of aromatic hydroxyl groups is 1. The van der Waals surface area contributed by atoms with Gasteiger partial charge in [-0.2, -0.15) is 0 Å². The fraction of sp³-hybridized carbons (Fsp3) is 0.429. The molecule has 2 rings (SSSR count). The Morgan fingerprint density at radius 3 is 1.84 bits per heavy atom. The van der Waals surface area contributed by atoms with Crippen molar-refractivity contribution in [1.29, 1.82) is 0 Å². The van der Waals surface area contributed by atoms with Gasteiger partial charge in [-0.1, -0.05) is 53.3 Å². The van der Waals surface area contributed by atoms with Crippen molar-refractivity contribution in [2.75, 3.05) is 5.73 Å². The van der Waals surface area contributed by atoms with Gasteiger partial charge in [-0.05, 0) is 46.7 Å². The minimum absolute atomic E-state index is 0.135. The highest BCUT2D eigenvalue weighted by molar-refractivity contribution is 7.99. The largest absolute Gasteiger partial charge is 0.507 e. The molecular weight excluding hydrogens is 328 g/mol. The first-order valence-corrected chi connectivity index (χ1v) is 9.39. The zero-order valence-electron chi connectivity index (χ0n) is 16.1. The summed E-state index contributed by atoms with van der Waals surface area (Å²) in [5.41, 5.74) is 15.1. The maximum Gasteiger partial charge on any atom is 0.123 e. The van der Waals surface area contributed by atoms with Crippen molar-refractivity contribution in [3.05, 3.63) is 47.0 Å². The van der Waals surface area contributed by atoms with Gasteiger partial charge in [0.15, 0.2) is 0 Å². The Morgan fingerprint density at radius 2 is 1.40 bits per heavy atom. The lowest BCUT2D eigenvalue weighted by Gasteiger charge is -2.28. The highest BCUT2D eigenvalue weighted by Crippen LogP contribution is 2.43. The fourth-order valence-corrected chi connectivity index (χ4v) is 3.73. The van der Waals surface area contributed by atoms with Crippen molar-refractivity contribution in [3.63, 3.8) is 0 Å². The van der Waals surface area contributed by atoms with E-state index in [4.69, 9.17) is 11.5 Å². The van der Waals surface area contributed by atoms with Gasteiger partial charge in [-0.25, -0.2) is 0 Å². The summed E-state index contributed by atoms with van der Waals surface area (Å²) in [6, 6.07) is 10.1. The minimum Gasteiger partial charge on any atom is -0.507 e. The number of rotatable bonds is 3. The lowest BCUT2D eigenvalue weighted by Crippen LogP contribution is -2.17. The van der Waals surface area contributed by atoms with Gasteiger partial charge in [0.2, 0.25) is 0 Å². The molecule has 4 heteroatoms. The molecule has 0 atom stereocenters. The van der Waals surface area contributed by atoms with Crippen LogP contribution in [0.3, 0.4) is 0 Å². The number of hydrogen-bond acceptors (Lipinski definition) is 4. The molecule has 5 N–H and O–H groups in total. The number of nitrogen functional groups attached to an aromatic ring is 1. The van der Waals surface area contributed by atoms with E-state index in [1.807, 2.05) is 18.2 Å². The summed E-state index contributed by atoms with van der Waals surface area (Å²) in [5.74, 6) is 0.407. The van der Waals surface area contributed by atoms with Crippen molar-refractivity contribution in [2.45, 2.75) is 68.7 Å². The lowest BCUT2D eigenvalue weighted by atomic mass is 9.79. The molecule has 0 radical (unpaired) electrons. The summed E-state index contributed by atoms with van der Waals surface area (Å²) < 4.78 is 0. The molecular formula is C21H30N2OS. The molecule has 0 aliphatic rings. The monoisotopic (exact) mass is 358 g/mol. The van der Waals surface area contributed by atoms with Crippen LogP contribution >= 0.6 is 11.8 Å². The van der Waals surface area contributed by atoms with Crippen molar-refractivity contribution < 1.29 is 5.11 Å². The molecule has 0 fully saturated rings. The normalized spacial score (nSPS) is 12.4. The van der Waals surface area contributed by atoms with Gasteiger partial charge in [0.05, 0.1) is 0 Å². The van der Waals surface area contributed by atoms with Gasteiger partial charge in [-0.3, -0.25) is 0 Å². The molecule has 0 aromatic heterocycles.